The normalized spacial score (nSPS) is 11.1. The predicted octanol–water partition coefficient (Wildman–Crippen LogP) is 4.62. The molecule has 2 nitrogen and oxygen atoms in total. The topological polar surface area (TPSA) is 17.8 Å². The fraction of sp³-hybridized carbons (Fsp3) is 0.316. The highest BCUT2D eigenvalue weighted by atomic mass is 15.1. The Balaban J connectivity index is 1.87. The Labute approximate surface area is 126 Å². The van der Waals surface area contributed by atoms with Crippen molar-refractivity contribution < 1.29 is 0 Å². The number of aryl methyl sites for hydroxylation is 3. The molecule has 2 aromatic carbocycles. The number of imidazole rings is 1. The van der Waals surface area contributed by atoms with Crippen molar-refractivity contribution in [2.24, 2.45) is 0 Å². The molecule has 0 radical (unpaired) electrons. The van der Waals surface area contributed by atoms with E-state index >= 15 is 0 Å². The standard InChI is InChI=1S/C19H22N2/c1-2-3-13-19-20-17-11-7-8-12-18(17)21(19)15-14-16-9-5-4-6-10-16/h4-12H,2-3,13-15H2,1H3. The Kier molecular flexibility index (Phi) is 4.34. The van der Waals surface area contributed by atoms with Crippen LogP contribution in [0.3, 0.4) is 0 Å². The van der Waals surface area contributed by atoms with E-state index in [0.717, 1.165) is 24.9 Å². The Hall–Kier alpha value is -2.09. The van der Waals surface area contributed by atoms with Crippen molar-refractivity contribution in [3.63, 3.8) is 0 Å². The molecule has 0 aliphatic heterocycles. The largest absolute Gasteiger partial charge is 0.328 e. The summed E-state index contributed by atoms with van der Waals surface area (Å²) in [6.45, 7) is 3.24. The van der Waals surface area contributed by atoms with E-state index in [0.29, 0.717) is 0 Å². The summed E-state index contributed by atoms with van der Waals surface area (Å²) >= 11 is 0. The quantitative estimate of drug-likeness (QED) is 0.643. The molecule has 108 valence electrons. The van der Waals surface area contributed by atoms with Crippen LogP contribution in [0.15, 0.2) is 54.6 Å². The van der Waals surface area contributed by atoms with Crippen molar-refractivity contribution in [1.82, 2.24) is 9.55 Å². The van der Waals surface area contributed by atoms with Crippen molar-refractivity contribution in [3.8, 4) is 0 Å². The van der Waals surface area contributed by atoms with E-state index in [1.807, 2.05) is 0 Å². The van der Waals surface area contributed by atoms with E-state index in [2.05, 4.69) is 66.1 Å². The lowest BCUT2D eigenvalue weighted by molar-refractivity contribution is 0.644. The second kappa shape index (κ2) is 6.57. The number of rotatable bonds is 6. The number of para-hydroxylation sites is 2. The van der Waals surface area contributed by atoms with Crippen LogP contribution in [0.1, 0.15) is 31.2 Å². The molecule has 0 atom stereocenters. The minimum Gasteiger partial charge on any atom is -0.328 e. The van der Waals surface area contributed by atoms with Crippen molar-refractivity contribution >= 4 is 11.0 Å². The van der Waals surface area contributed by atoms with Gasteiger partial charge in [0.05, 0.1) is 11.0 Å². The van der Waals surface area contributed by atoms with Crippen molar-refractivity contribution in [1.29, 1.82) is 0 Å². The third-order valence-corrected chi connectivity index (χ3v) is 3.95. The lowest BCUT2D eigenvalue weighted by Crippen LogP contribution is -2.06. The molecule has 0 unspecified atom stereocenters. The van der Waals surface area contributed by atoms with Gasteiger partial charge in [-0.05, 0) is 30.5 Å². The first-order chi connectivity index (χ1) is 10.4. The summed E-state index contributed by atoms with van der Waals surface area (Å²) in [6, 6.07) is 19.2. The highest BCUT2D eigenvalue weighted by Crippen LogP contribution is 2.18. The van der Waals surface area contributed by atoms with Gasteiger partial charge in [-0.3, -0.25) is 0 Å². The van der Waals surface area contributed by atoms with Gasteiger partial charge in [-0.25, -0.2) is 4.98 Å². The second-order valence-electron chi connectivity index (χ2n) is 5.51. The maximum Gasteiger partial charge on any atom is 0.109 e. The Morgan fingerprint density at radius 3 is 2.48 bits per heavy atom. The van der Waals surface area contributed by atoms with E-state index in [-0.39, 0.29) is 0 Å². The SMILES string of the molecule is CCCCc1nc2ccccc2n1CCc1ccccc1. The third kappa shape index (κ3) is 3.15. The van der Waals surface area contributed by atoms with E-state index in [9.17, 15) is 0 Å². The summed E-state index contributed by atoms with van der Waals surface area (Å²) in [5.41, 5.74) is 3.77. The van der Waals surface area contributed by atoms with Crippen LogP contribution in [0.2, 0.25) is 0 Å². The molecular weight excluding hydrogens is 256 g/mol. The number of nitrogens with zero attached hydrogens (tertiary/aromatic N) is 2. The molecule has 0 N–H and O–H groups in total. The highest BCUT2D eigenvalue weighted by Gasteiger charge is 2.09. The van der Waals surface area contributed by atoms with E-state index < -0.39 is 0 Å². The zero-order valence-corrected chi connectivity index (χ0v) is 12.6. The summed E-state index contributed by atoms with van der Waals surface area (Å²) in [4.78, 5) is 4.83. The molecule has 0 saturated carbocycles. The highest BCUT2D eigenvalue weighted by molar-refractivity contribution is 5.75. The van der Waals surface area contributed by atoms with Gasteiger partial charge in [0, 0.05) is 13.0 Å². The molecule has 0 spiro atoms. The molecular formula is C19H22N2. The van der Waals surface area contributed by atoms with Gasteiger partial charge in [0.1, 0.15) is 5.82 Å². The molecule has 2 heteroatoms. The first-order valence-corrected chi connectivity index (χ1v) is 7.86. The van der Waals surface area contributed by atoms with Crippen LogP contribution in [-0.2, 0) is 19.4 Å². The lowest BCUT2D eigenvalue weighted by atomic mass is 10.1. The van der Waals surface area contributed by atoms with Crippen LogP contribution in [-0.4, -0.2) is 9.55 Å². The lowest BCUT2D eigenvalue weighted by Gasteiger charge is -2.09. The number of benzene rings is 2. The minimum absolute atomic E-state index is 1.00. The zero-order valence-electron chi connectivity index (χ0n) is 12.6. The van der Waals surface area contributed by atoms with Crippen LogP contribution in [0.4, 0.5) is 0 Å². The van der Waals surface area contributed by atoms with Crippen LogP contribution in [0, 0.1) is 0 Å². The van der Waals surface area contributed by atoms with Gasteiger partial charge >= 0.3 is 0 Å². The van der Waals surface area contributed by atoms with Gasteiger partial charge in [-0.1, -0.05) is 55.8 Å². The summed E-state index contributed by atoms with van der Waals surface area (Å²) in [5, 5.41) is 0. The number of unbranched alkanes of at least 4 members (excludes halogenated alkanes) is 1. The van der Waals surface area contributed by atoms with Crippen LogP contribution < -0.4 is 0 Å². The minimum atomic E-state index is 1.00. The van der Waals surface area contributed by atoms with Crippen LogP contribution in [0.5, 0.6) is 0 Å². The molecule has 0 saturated heterocycles. The van der Waals surface area contributed by atoms with Crippen LogP contribution >= 0.6 is 0 Å². The number of fused-ring (bicyclic) bond motifs is 1. The average Bonchev–Trinajstić information content (AvgIpc) is 2.89. The maximum atomic E-state index is 4.83. The van der Waals surface area contributed by atoms with Gasteiger partial charge < -0.3 is 4.57 Å². The maximum absolute atomic E-state index is 4.83. The first kappa shape index (κ1) is 13.9. The number of hydrogen-bond donors (Lipinski definition) is 0. The summed E-state index contributed by atoms with van der Waals surface area (Å²) in [6.07, 6.45) is 4.54. The average molecular weight is 278 g/mol. The first-order valence-electron chi connectivity index (χ1n) is 7.86. The molecule has 0 fully saturated rings. The van der Waals surface area contributed by atoms with Gasteiger partial charge in [0.15, 0.2) is 0 Å². The van der Waals surface area contributed by atoms with Crippen molar-refractivity contribution in [2.45, 2.75) is 39.2 Å². The van der Waals surface area contributed by atoms with E-state index in [1.54, 1.807) is 0 Å². The van der Waals surface area contributed by atoms with Crippen molar-refractivity contribution in [3.05, 3.63) is 66.0 Å². The monoisotopic (exact) mass is 278 g/mol. The fourth-order valence-electron chi connectivity index (χ4n) is 2.79. The molecule has 0 aliphatic rings. The van der Waals surface area contributed by atoms with Gasteiger partial charge in [-0.15, -0.1) is 0 Å². The Bertz CT molecular complexity index is 698. The van der Waals surface area contributed by atoms with E-state index in [4.69, 9.17) is 4.98 Å². The van der Waals surface area contributed by atoms with E-state index in [1.165, 1.54) is 29.7 Å². The molecule has 21 heavy (non-hydrogen) atoms. The number of aromatic nitrogens is 2. The fourth-order valence-corrected chi connectivity index (χ4v) is 2.79. The van der Waals surface area contributed by atoms with Crippen LogP contribution in [0.25, 0.3) is 11.0 Å². The van der Waals surface area contributed by atoms with Gasteiger partial charge in [0.25, 0.3) is 0 Å². The summed E-state index contributed by atoms with van der Waals surface area (Å²) in [5.74, 6) is 1.23. The summed E-state index contributed by atoms with van der Waals surface area (Å²) < 4.78 is 2.40. The second-order valence-corrected chi connectivity index (χ2v) is 5.51. The van der Waals surface area contributed by atoms with Gasteiger partial charge in [0.2, 0.25) is 0 Å². The van der Waals surface area contributed by atoms with Crippen molar-refractivity contribution in [2.75, 3.05) is 0 Å². The summed E-state index contributed by atoms with van der Waals surface area (Å²) in [7, 11) is 0. The zero-order chi connectivity index (χ0) is 14.5. The Morgan fingerprint density at radius 2 is 1.67 bits per heavy atom. The smallest absolute Gasteiger partial charge is 0.109 e. The molecule has 3 rings (SSSR count). The number of hydrogen-bond acceptors (Lipinski definition) is 1. The Morgan fingerprint density at radius 1 is 0.905 bits per heavy atom. The van der Waals surface area contributed by atoms with Gasteiger partial charge in [-0.2, -0.15) is 0 Å². The molecule has 3 aromatic rings. The molecule has 1 heterocycles. The third-order valence-electron chi connectivity index (χ3n) is 3.95. The molecule has 1 aromatic heterocycles. The molecule has 0 amide bonds. The molecule has 0 bridgehead atoms. The predicted molar refractivity (Wildman–Crippen MR) is 88.5 cm³/mol. The molecule has 0 aliphatic carbocycles.